The summed E-state index contributed by atoms with van der Waals surface area (Å²) < 4.78 is 0. The van der Waals surface area contributed by atoms with E-state index in [9.17, 15) is 29.7 Å². The van der Waals surface area contributed by atoms with Gasteiger partial charge in [0.2, 0.25) is 0 Å². The van der Waals surface area contributed by atoms with Gasteiger partial charge in [-0.2, -0.15) is 0 Å². The molecule has 59 heavy (non-hydrogen) atoms. The summed E-state index contributed by atoms with van der Waals surface area (Å²) in [5.74, 6) is -2.14. The van der Waals surface area contributed by atoms with Crippen LogP contribution in [-0.4, -0.2) is 50.5 Å². The van der Waals surface area contributed by atoms with E-state index in [0.717, 1.165) is 83.5 Å². The third-order valence-corrected chi connectivity index (χ3v) is 12.3. The van der Waals surface area contributed by atoms with Crippen LogP contribution in [0.4, 0.5) is 0 Å². The number of aliphatic hydroxyl groups is 3. The van der Waals surface area contributed by atoms with Gasteiger partial charge < -0.3 is 15.3 Å². The fourth-order valence-corrected chi connectivity index (χ4v) is 8.15. The van der Waals surface area contributed by atoms with Crippen molar-refractivity contribution in [2.24, 2.45) is 0 Å². The minimum Gasteiger partial charge on any atom is -0.382 e. The predicted molar refractivity (Wildman–Crippen MR) is 252 cm³/mol. The summed E-state index contributed by atoms with van der Waals surface area (Å²) in [5.41, 5.74) is -2.81. The van der Waals surface area contributed by atoms with Crippen molar-refractivity contribution in [2.45, 2.75) is 295 Å². The van der Waals surface area contributed by atoms with E-state index in [-0.39, 0.29) is 19.3 Å². The molecular formula is C53H98O6. The number of ketones is 3. The quantitative estimate of drug-likeness (QED) is 0.0416. The second-order valence-corrected chi connectivity index (χ2v) is 18.0. The molecule has 0 aromatic carbocycles. The van der Waals surface area contributed by atoms with Crippen LogP contribution in [0.25, 0.3) is 0 Å². The summed E-state index contributed by atoms with van der Waals surface area (Å²) in [6.07, 6.45) is 46.1. The lowest BCUT2D eigenvalue weighted by Crippen LogP contribution is -2.63. The molecule has 0 saturated heterocycles. The SMILES string of the molecule is CCCCC/C=C\C/C=C\CCCCCCCC(=O)C(O)(C(O)C(=O)CCCCCCCCCCCCCCC)C(O)C(=O)CCCCCCCCCCCCCCC. The van der Waals surface area contributed by atoms with Gasteiger partial charge in [0.25, 0.3) is 0 Å². The fraction of sp³-hybridized carbons (Fsp3) is 0.868. The van der Waals surface area contributed by atoms with E-state index in [4.69, 9.17) is 0 Å². The molecule has 0 aliphatic carbocycles. The van der Waals surface area contributed by atoms with E-state index in [1.54, 1.807) is 0 Å². The van der Waals surface area contributed by atoms with Gasteiger partial charge in [-0.1, -0.05) is 231 Å². The molecule has 0 amide bonds. The number of rotatable bonds is 47. The van der Waals surface area contributed by atoms with Gasteiger partial charge in [-0.15, -0.1) is 0 Å². The molecule has 0 bridgehead atoms. The molecule has 0 aromatic heterocycles. The molecule has 6 heteroatoms. The Hall–Kier alpha value is -1.63. The second kappa shape index (κ2) is 43.0. The van der Waals surface area contributed by atoms with Crippen molar-refractivity contribution in [1.29, 1.82) is 0 Å². The van der Waals surface area contributed by atoms with Crippen molar-refractivity contribution < 1.29 is 29.7 Å². The van der Waals surface area contributed by atoms with E-state index in [1.165, 1.54) is 135 Å². The Balaban J connectivity index is 4.83. The Labute approximate surface area is 365 Å². The largest absolute Gasteiger partial charge is 0.382 e. The van der Waals surface area contributed by atoms with Crippen molar-refractivity contribution in [1.82, 2.24) is 0 Å². The molecule has 3 N–H and O–H groups in total. The van der Waals surface area contributed by atoms with Gasteiger partial charge in [-0.05, 0) is 51.4 Å². The minimum atomic E-state index is -2.81. The van der Waals surface area contributed by atoms with Crippen LogP contribution < -0.4 is 0 Å². The maximum Gasteiger partial charge on any atom is 0.189 e. The zero-order chi connectivity index (χ0) is 43.5. The third kappa shape index (κ3) is 32.7. The zero-order valence-corrected chi connectivity index (χ0v) is 39.3. The Kier molecular flexibility index (Phi) is 41.8. The van der Waals surface area contributed by atoms with Crippen LogP contribution in [-0.2, 0) is 14.4 Å². The highest BCUT2D eigenvalue weighted by atomic mass is 16.4. The van der Waals surface area contributed by atoms with Crippen LogP contribution in [0.3, 0.4) is 0 Å². The first-order valence-corrected chi connectivity index (χ1v) is 25.7. The molecule has 2 unspecified atom stereocenters. The fourth-order valence-electron chi connectivity index (χ4n) is 8.15. The zero-order valence-electron chi connectivity index (χ0n) is 39.3. The molecule has 0 fully saturated rings. The van der Waals surface area contributed by atoms with Crippen LogP contribution >= 0.6 is 0 Å². The molecule has 0 radical (unpaired) electrons. The average molecular weight is 831 g/mol. The van der Waals surface area contributed by atoms with E-state index in [0.29, 0.717) is 19.3 Å². The number of hydrogen-bond acceptors (Lipinski definition) is 6. The standard InChI is InChI=1S/C53H98O6/c1-4-7-10-13-16-19-22-25-26-29-32-35-38-41-44-47-50(56)53(59,51(57)48(54)45-42-39-36-33-30-27-23-20-17-14-11-8-5-2)52(58)49(55)46-43-40-37-34-31-28-24-21-18-15-12-9-6-3/h16,19,25-26,51-52,57-59H,4-15,17-18,20-24,27-47H2,1-3H3/b19-16-,26-25-. The smallest absolute Gasteiger partial charge is 0.189 e. The molecule has 6 nitrogen and oxygen atoms in total. The maximum atomic E-state index is 13.6. The van der Waals surface area contributed by atoms with Crippen LogP contribution in [0.5, 0.6) is 0 Å². The summed E-state index contributed by atoms with van der Waals surface area (Å²) in [7, 11) is 0. The summed E-state index contributed by atoms with van der Waals surface area (Å²) in [6.45, 7) is 6.71. The lowest BCUT2D eigenvalue weighted by atomic mass is 9.78. The number of unbranched alkanes of at least 4 members (excludes halogenated alkanes) is 32. The van der Waals surface area contributed by atoms with Gasteiger partial charge in [0, 0.05) is 19.3 Å². The predicted octanol–water partition coefficient (Wildman–Crippen LogP) is 14.9. The van der Waals surface area contributed by atoms with Crippen LogP contribution in [0.15, 0.2) is 24.3 Å². The second-order valence-electron chi connectivity index (χ2n) is 18.0. The lowest BCUT2D eigenvalue weighted by molar-refractivity contribution is -0.181. The molecule has 346 valence electrons. The normalized spacial score (nSPS) is 14.0. The molecule has 2 atom stereocenters. The molecular weight excluding hydrogens is 733 g/mol. The van der Waals surface area contributed by atoms with Crippen molar-refractivity contribution in [3.05, 3.63) is 24.3 Å². The summed E-state index contributed by atoms with van der Waals surface area (Å²) >= 11 is 0. The first-order chi connectivity index (χ1) is 28.8. The summed E-state index contributed by atoms with van der Waals surface area (Å²) in [6, 6.07) is 0. The lowest BCUT2D eigenvalue weighted by Gasteiger charge is -2.34. The van der Waals surface area contributed by atoms with Crippen LogP contribution in [0.2, 0.25) is 0 Å². The van der Waals surface area contributed by atoms with Crippen LogP contribution in [0, 0.1) is 0 Å². The van der Waals surface area contributed by atoms with E-state index >= 15 is 0 Å². The molecule has 0 saturated carbocycles. The number of allylic oxidation sites excluding steroid dienone is 4. The highest BCUT2D eigenvalue weighted by molar-refractivity contribution is 6.01. The number of aliphatic hydroxyl groups excluding tert-OH is 2. The first-order valence-electron chi connectivity index (χ1n) is 25.7. The summed E-state index contributed by atoms with van der Waals surface area (Å²) in [5, 5.41) is 34.0. The van der Waals surface area contributed by atoms with Crippen molar-refractivity contribution in [2.75, 3.05) is 0 Å². The van der Waals surface area contributed by atoms with Gasteiger partial charge in [-0.25, -0.2) is 0 Å². The van der Waals surface area contributed by atoms with E-state index in [1.807, 2.05) is 0 Å². The Morgan fingerprint density at radius 2 is 0.627 bits per heavy atom. The Morgan fingerprint density at radius 1 is 0.373 bits per heavy atom. The molecule has 0 aliphatic heterocycles. The van der Waals surface area contributed by atoms with Gasteiger partial charge >= 0.3 is 0 Å². The molecule has 0 heterocycles. The van der Waals surface area contributed by atoms with Gasteiger partial charge in [0.1, 0.15) is 0 Å². The number of Topliss-reactive ketones (excluding diaryl/α,β-unsaturated/α-hetero) is 3. The van der Waals surface area contributed by atoms with Crippen molar-refractivity contribution >= 4 is 17.3 Å². The molecule has 0 rings (SSSR count). The number of hydrogen-bond donors (Lipinski definition) is 3. The number of carbonyl (C=O) groups excluding carboxylic acids is 3. The highest BCUT2D eigenvalue weighted by Gasteiger charge is 2.53. The van der Waals surface area contributed by atoms with E-state index in [2.05, 4.69) is 45.1 Å². The minimum absolute atomic E-state index is 0.0119. The Bertz CT molecular complexity index is 969. The molecule has 0 aliphatic rings. The highest BCUT2D eigenvalue weighted by Crippen LogP contribution is 2.26. The maximum absolute atomic E-state index is 13.6. The molecule has 0 aromatic rings. The van der Waals surface area contributed by atoms with Crippen molar-refractivity contribution in [3.63, 3.8) is 0 Å². The van der Waals surface area contributed by atoms with Crippen molar-refractivity contribution in [3.8, 4) is 0 Å². The van der Waals surface area contributed by atoms with E-state index < -0.39 is 35.2 Å². The third-order valence-electron chi connectivity index (χ3n) is 12.3. The topological polar surface area (TPSA) is 112 Å². The number of carbonyl (C=O) groups is 3. The summed E-state index contributed by atoms with van der Waals surface area (Å²) in [4.78, 5) is 40.0. The first kappa shape index (κ1) is 57.4. The van der Waals surface area contributed by atoms with Gasteiger partial charge in [0.05, 0.1) is 0 Å². The van der Waals surface area contributed by atoms with Gasteiger partial charge in [-0.3, -0.25) is 14.4 Å². The van der Waals surface area contributed by atoms with Gasteiger partial charge in [0.15, 0.2) is 35.2 Å². The monoisotopic (exact) mass is 831 g/mol. The Morgan fingerprint density at radius 3 is 0.966 bits per heavy atom. The van der Waals surface area contributed by atoms with Crippen LogP contribution in [0.1, 0.15) is 278 Å². The molecule has 0 spiro atoms. The average Bonchev–Trinajstić information content (AvgIpc) is 3.24.